The third-order valence-electron chi connectivity index (χ3n) is 1.87. The highest BCUT2D eigenvalue weighted by molar-refractivity contribution is 6.05. The average Bonchev–Trinajstić information content (AvgIpc) is 2.17. The molecule has 0 heterocycles. The Hall–Kier alpha value is -1.64. The fraction of sp³-hybridized carbons (Fsp3) is 0.273. The van der Waals surface area contributed by atoms with Gasteiger partial charge in [-0.25, -0.2) is 0 Å². The summed E-state index contributed by atoms with van der Waals surface area (Å²) in [7, 11) is 1.27. The smallest absolute Gasteiger partial charge is 0.313 e. The molecule has 3 nitrogen and oxygen atoms in total. The van der Waals surface area contributed by atoms with Crippen LogP contribution in [-0.2, 0) is 9.53 Å². The number of carbonyl (C=O) groups excluding carboxylic acids is 2. The number of ether oxygens (including phenoxy) is 1. The number of rotatable bonds is 3. The van der Waals surface area contributed by atoms with Gasteiger partial charge < -0.3 is 4.74 Å². The normalized spacial score (nSPS) is 9.57. The first kappa shape index (κ1) is 10.4. The van der Waals surface area contributed by atoms with Gasteiger partial charge in [0, 0.05) is 5.56 Å². The molecule has 1 aromatic rings. The number of aryl methyl sites for hydroxylation is 1. The van der Waals surface area contributed by atoms with Crippen molar-refractivity contribution in [3.63, 3.8) is 0 Å². The molecule has 0 spiro atoms. The quantitative estimate of drug-likeness (QED) is 0.416. The Bertz CT molecular complexity index is 355. The third kappa shape index (κ3) is 2.69. The van der Waals surface area contributed by atoms with Crippen molar-refractivity contribution < 1.29 is 14.3 Å². The van der Waals surface area contributed by atoms with E-state index in [2.05, 4.69) is 4.74 Å². The van der Waals surface area contributed by atoms with Gasteiger partial charge in [0.05, 0.1) is 7.11 Å². The number of ketones is 1. The molecule has 0 aromatic heterocycles. The van der Waals surface area contributed by atoms with Crippen LogP contribution in [0.3, 0.4) is 0 Å². The van der Waals surface area contributed by atoms with E-state index >= 15 is 0 Å². The summed E-state index contributed by atoms with van der Waals surface area (Å²) < 4.78 is 4.41. The van der Waals surface area contributed by atoms with Crippen LogP contribution in [0.25, 0.3) is 0 Å². The molecular formula is C11H12O3. The van der Waals surface area contributed by atoms with Gasteiger partial charge in [0.25, 0.3) is 0 Å². The Labute approximate surface area is 82.7 Å². The second-order valence-electron chi connectivity index (χ2n) is 3.05. The lowest BCUT2D eigenvalue weighted by molar-refractivity contribution is -0.139. The zero-order chi connectivity index (χ0) is 10.6. The SMILES string of the molecule is COC(=O)CC(=O)c1cccc(C)c1. The van der Waals surface area contributed by atoms with Gasteiger partial charge in [0.15, 0.2) is 5.78 Å². The van der Waals surface area contributed by atoms with Gasteiger partial charge in [-0.05, 0) is 13.0 Å². The van der Waals surface area contributed by atoms with E-state index in [4.69, 9.17) is 0 Å². The zero-order valence-electron chi connectivity index (χ0n) is 8.24. The molecule has 0 aliphatic carbocycles. The molecule has 0 aliphatic rings. The van der Waals surface area contributed by atoms with Crippen molar-refractivity contribution in [2.45, 2.75) is 13.3 Å². The minimum absolute atomic E-state index is 0.194. The molecule has 0 aliphatic heterocycles. The van der Waals surface area contributed by atoms with Crippen LogP contribution < -0.4 is 0 Å². The van der Waals surface area contributed by atoms with Crippen LogP contribution in [0, 0.1) is 6.92 Å². The number of carbonyl (C=O) groups is 2. The van der Waals surface area contributed by atoms with Gasteiger partial charge in [0.1, 0.15) is 6.42 Å². The van der Waals surface area contributed by atoms with Crippen molar-refractivity contribution >= 4 is 11.8 Å². The second kappa shape index (κ2) is 4.56. The van der Waals surface area contributed by atoms with Crippen molar-refractivity contribution in [3.05, 3.63) is 35.4 Å². The summed E-state index contributed by atoms with van der Waals surface area (Å²) >= 11 is 0. The molecule has 1 rings (SSSR count). The Morgan fingerprint density at radius 3 is 2.64 bits per heavy atom. The molecule has 0 amide bonds. The average molecular weight is 192 g/mol. The van der Waals surface area contributed by atoms with Crippen molar-refractivity contribution in [2.75, 3.05) is 7.11 Å². The fourth-order valence-corrected chi connectivity index (χ4v) is 1.12. The van der Waals surface area contributed by atoms with Gasteiger partial charge in [0.2, 0.25) is 0 Å². The summed E-state index contributed by atoms with van der Waals surface area (Å²) in [5.41, 5.74) is 1.55. The molecule has 1 aromatic carbocycles. The third-order valence-corrected chi connectivity index (χ3v) is 1.87. The first-order valence-electron chi connectivity index (χ1n) is 4.30. The molecule has 0 saturated heterocycles. The minimum atomic E-state index is -0.503. The molecule has 0 bridgehead atoms. The van der Waals surface area contributed by atoms with Gasteiger partial charge in [-0.3, -0.25) is 9.59 Å². The van der Waals surface area contributed by atoms with Crippen LogP contribution in [0.1, 0.15) is 22.3 Å². The zero-order valence-corrected chi connectivity index (χ0v) is 8.24. The van der Waals surface area contributed by atoms with Gasteiger partial charge >= 0.3 is 5.97 Å². The van der Waals surface area contributed by atoms with Crippen molar-refractivity contribution in [2.24, 2.45) is 0 Å². The summed E-state index contributed by atoms with van der Waals surface area (Å²) in [5.74, 6) is -0.711. The monoisotopic (exact) mass is 192 g/mol. The van der Waals surface area contributed by atoms with Crippen LogP contribution >= 0.6 is 0 Å². The summed E-state index contributed by atoms with van der Waals surface area (Å²) in [6, 6.07) is 7.14. The summed E-state index contributed by atoms with van der Waals surface area (Å²) in [4.78, 5) is 22.3. The Balaban J connectivity index is 2.75. The molecule has 0 fully saturated rings. The predicted octanol–water partition coefficient (Wildman–Crippen LogP) is 1.74. The van der Waals surface area contributed by atoms with Crippen molar-refractivity contribution in [1.29, 1.82) is 0 Å². The topological polar surface area (TPSA) is 43.4 Å². The molecule has 74 valence electrons. The fourth-order valence-electron chi connectivity index (χ4n) is 1.12. The molecule has 0 N–H and O–H groups in total. The maximum Gasteiger partial charge on any atom is 0.313 e. The Kier molecular flexibility index (Phi) is 3.40. The largest absolute Gasteiger partial charge is 0.469 e. The highest BCUT2D eigenvalue weighted by Gasteiger charge is 2.11. The molecular weight excluding hydrogens is 180 g/mol. The molecule has 3 heteroatoms. The number of hydrogen-bond donors (Lipinski definition) is 0. The van der Waals surface area contributed by atoms with Crippen LogP contribution in [-0.4, -0.2) is 18.9 Å². The van der Waals surface area contributed by atoms with Crippen molar-refractivity contribution in [1.82, 2.24) is 0 Å². The Morgan fingerprint density at radius 2 is 2.07 bits per heavy atom. The second-order valence-corrected chi connectivity index (χ2v) is 3.05. The molecule has 0 saturated carbocycles. The highest BCUT2D eigenvalue weighted by Crippen LogP contribution is 2.07. The van der Waals surface area contributed by atoms with Gasteiger partial charge in [-0.15, -0.1) is 0 Å². The van der Waals surface area contributed by atoms with Gasteiger partial charge in [-0.2, -0.15) is 0 Å². The lowest BCUT2D eigenvalue weighted by atomic mass is 10.1. The van der Waals surface area contributed by atoms with Crippen LogP contribution in [0.4, 0.5) is 0 Å². The van der Waals surface area contributed by atoms with Gasteiger partial charge in [-0.1, -0.05) is 23.8 Å². The standard InChI is InChI=1S/C11H12O3/c1-8-4-3-5-9(6-8)10(12)7-11(13)14-2/h3-6H,7H2,1-2H3. The minimum Gasteiger partial charge on any atom is -0.469 e. The first-order valence-corrected chi connectivity index (χ1v) is 4.30. The molecule has 0 radical (unpaired) electrons. The first-order chi connectivity index (χ1) is 6.63. The van der Waals surface area contributed by atoms with E-state index in [1.54, 1.807) is 18.2 Å². The van der Waals surface area contributed by atoms with Crippen LogP contribution in [0.15, 0.2) is 24.3 Å². The highest BCUT2D eigenvalue weighted by atomic mass is 16.5. The van der Waals surface area contributed by atoms with Crippen molar-refractivity contribution in [3.8, 4) is 0 Å². The molecule has 0 unspecified atom stereocenters. The van der Waals surface area contributed by atoms with Crippen LogP contribution in [0.5, 0.6) is 0 Å². The summed E-state index contributed by atoms with van der Waals surface area (Å²) in [6.45, 7) is 1.90. The summed E-state index contributed by atoms with van der Waals surface area (Å²) in [6.07, 6.45) is -0.194. The van der Waals surface area contributed by atoms with E-state index < -0.39 is 5.97 Å². The maximum absolute atomic E-state index is 11.5. The number of Topliss-reactive ketones (excluding diaryl/α,β-unsaturated/α-hetero) is 1. The van der Waals surface area contributed by atoms with E-state index in [-0.39, 0.29) is 12.2 Å². The number of hydrogen-bond acceptors (Lipinski definition) is 3. The Morgan fingerprint density at radius 1 is 1.36 bits per heavy atom. The van der Waals surface area contributed by atoms with E-state index in [1.807, 2.05) is 13.0 Å². The number of esters is 1. The lowest BCUT2D eigenvalue weighted by Gasteiger charge is -2.00. The van der Waals surface area contributed by atoms with E-state index in [0.717, 1.165) is 5.56 Å². The van der Waals surface area contributed by atoms with E-state index in [1.165, 1.54) is 7.11 Å². The maximum atomic E-state index is 11.5. The predicted molar refractivity (Wildman–Crippen MR) is 52.1 cm³/mol. The van der Waals surface area contributed by atoms with E-state index in [0.29, 0.717) is 5.56 Å². The summed E-state index contributed by atoms with van der Waals surface area (Å²) in [5, 5.41) is 0. The van der Waals surface area contributed by atoms with Crippen LogP contribution in [0.2, 0.25) is 0 Å². The lowest BCUT2D eigenvalue weighted by Crippen LogP contribution is -2.09. The molecule has 0 atom stereocenters. The number of benzene rings is 1. The number of methoxy groups -OCH3 is 1. The molecule has 14 heavy (non-hydrogen) atoms. The van der Waals surface area contributed by atoms with E-state index in [9.17, 15) is 9.59 Å².